The third kappa shape index (κ3) is 3.16. The number of likely N-dealkylation sites (N-methyl/N-ethyl adjacent to an activating group) is 1. The van der Waals surface area contributed by atoms with E-state index in [9.17, 15) is 9.90 Å². The van der Waals surface area contributed by atoms with Gasteiger partial charge in [-0.3, -0.25) is 4.79 Å². The molecule has 1 aromatic carbocycles. The van der Waals surface area contributed by atoms with Crippen LogP contribution in [0.15, 0.2) is 37.1 Å². The lowest BCUT2D eigenvalue weighted by molar-refractivity contribution is -0.160. The van der Waals surface area contributed by atoms with E-state index in [1.165, 1.54) is 22.0 Å². The van der Waals surface area contributed by atoms with Gasteiger partial charge in [-0.15, -0.1) is 6.58 Å². The lowest BCUT2D eigenvalue weighted by Gasteiger charge is -2.45. The molecule has 2 aliphatic rings. The molecule has 1 aromatic heterocycles. The van der Waals surface area contributed by atoms with Gasteiger partial charge in [0, 0.05) is 42.1 Å². The number of fused-ring (bicyclic) bond motifs is 2. The summed E-state index contributed by atoms with van der Waals surface area (Å²) < 4.78 is 7.80. The number of rotatable bonds is 5. The predicted molar refractivity (Wildman–Crippen MR) is 110 cm³/mol. The molecule has 0 saturated carbocycles. The number of piperidine rings is 1. The molecule has 1 aliphatic heterocycles. The van der Waals surface area contributed by atoms with Crippen LogP contribution in [0.5, 0.6) is 0 Å². The minimum Gasteiger partial charge on any atom is -0.460 e. The molecule has 2 heterocycles. The zero-order valence-electron chi connectivity index (χ0n) is 17.0. The summed E-state index contributed by atoms with van der Waals surface area (Å²) in [4.78, 5) is 15.1. The van der Waals surface area contributed by atoms with Gasteiger partial charge in [-0.1, -0.05) is 18.2 Å². The van der Waals surface area contributed by atoms with Crippen LogP contribution in [0.4, 0.5) is 0 Å². The Balaban J connectivity index is 1.66. The third-order valence-corrected chi connectivity index (χ3v) is 6.56. The lowest BCUT2D eigenvalue weighted by atomic mass is 9.72. The van der Waals surface area contributed by atoms with Gasteiger partial charge in [0.05, 0.1) is 12.0 Å². The summed E-state index contributed by atoms with van der Waals surface area (Å²) in [6.07, 6.45) is 4.86. The second-order valence-corrected chi connectivity index (χ2v) is 8.47. The monoisotopic (exact) mass is 382 g/mol. The summed E-state index contributed by atoms with van der Waals surface area (Å²) in [6, 6.07) is 6.92. The van der Waals surface area contributed by atoms with Crippen LogP contribution in [0.3, 0.4) is 0 Å². The minimum atomic E-state index is -0.659. The molecular formula is C23H30N2O3. The molecule has 1 saturated heterocycles. The van der Waals surface area contributed by atoms with Gasteiger partial charge >= 0.3 is 5.97 Å². The van der Waals surface area contributed by atoms with Gasteiger partial charge in [0.25, 0.3) is 0 Å². The van der Waals surface area contributed by atoms with E-state index in [0.29, 0.717) is 18.5 Å². The smallest absolute Gasteiger partial charge is 0.310 e. The van der Waals surface area contributed by atoms with Crippen molar-refractivity contribution in [3.05, 3.63) is 48.2 Å². The van der Waals surface area contributed by atoms with Gasteiger partial charge in [-0.25, -0.2) is 0 Å². The standard InChI is InChI=1S/C23H30N2O3/c1-5-9-25-13-16-11-21-19(18-7-6-8-20(25)22(16)18)10-17(12-24(21)4)23(27)28-15(3)14(2)26/h5-8,13-15,17,19,21,26H,1,9-12H2,2-4H3. The summed E-state index contributed by atoms with van der Waals surface area (Å²) in [6.45, 7) is 8.78. The Labute approximate surface area is 166 Å². The van der Waals surface area contributed by atoms with Gasteiger partial charge in [0.15, 0.2) is 0 Å². The fourth-order valence-corrected chi connectivity index (χ4v) is 4.96. The predicted octanol–water partition coefficient (Wildman–Crippen LogP) is 3.10. The van der Waals surface area contributed by atoms with Crippen LogP contribution in [-0.2, 0) is 22.5 Å². The van der Waals surface area contributed by atoms with Gasteiger partial charge in [-0.05, 0) is 50.9 Å². The number of carbonyl (C=O) groups excluding carboxylic acids is 1. The van der Waals surface area contributed by atoms with Crippen LogP contribution in [0.1, 0.15) is 37.3 Å². The van der Waals surface area contributed by atoms with Crippen molar-refractivity contribution in [2.45, 2.75) is 57.4 Å². The molecule has 0 bridgehead atoms. The van der Waals surface area contributed by atoms with Gasteiger partial charge in [-0.2, -0.15) is 0 Å². The van der Waals surface area contributed by atoms with E-state index in [2.05, 4.69) is 47.5 Å². The number of aliphatic hydroxyl groups is 1. The molecule has 150 valence electrons. The topological polar surface area (TPSA) is 54.7 Å². The van der Waals surface area contributed by atoms with Crippen molar-refractivity contribution in [1.82, 2.24) is 9.47 Å². The van der Waals surface area contributed by atoms with E-state index >= 15 is 0 Å². The summed E-state index contributed by atoms with van der Waals surface area (Å²) in [5.41, 5.74) is 3.99. The number of aromatic nitrogens is 1. The number of hydrogen-bond acceptors (Lipinski definition) is 4. The van der Waals surface area contributed by atoms with Crippen molar-refractivity contribution >= 4 is 16.9 Å². The van der Waals surface area contributed by atoms with Crippen LogP contribution in [0.25, 0.3) is 10.9 Å². The van der Waals surface area contributed by atoms with Gasteiger partial charge < -0.3 is 19.3 Å². The summed E-state index contributed by atoms with van der Waals surface area (Å²) in [5, 5.41) is 11.0. The van der Waals surface area contributed by atoms with E-state index in [1.54, 1.807) is 13.8 Å². The zero-order chi connectivity index (χ0) is 20.0. The zero-order valence-corrected chi connectivity index (χ0v) is 17.0. The van der Waals surface area contributed by atoms with Crippen LogP contribution in [0.2, 0.25) is 0 Å². The van der Waals surface area contributed by atoms with Crippen molar-refractivity contribution < 1.29 is 14.6 Å². The van der Waals surface area contributed by atoms with Crippen LogP contribution < -0.4 is 0 Å². The molecule has 1 N–H and O–H groups in total. The number of ether oxygens (including phenoxy) is 1. The van der Waals surface area contributed by atoms with E-state index in [-0.39, 0.29) is 11.9 Å². The van der Waals surface area contributed by atoms with Gasteiger partial charge in [0.1, 0.15) is 6.10 Å². The van der Waals surface area contributed by atoms with E-state index in [1.807, 2.05) is 6.08 Å². The first-order valence-corrected chi connectivity index (χ1v) is 10.2. The Morgan fingerprint density at radius 2 is 2.21 bits per heavy atom. The third-order valence-electron chi connectivity index (χ3n) is 6.56. The molecule has 5 heteroatoms. The Bertz CT molecular complexity index is 901. The summed E-state index contributed by atoms with van der Waals surface area (Å²) in [7, 11) is 2.11. The van der Waals surface area contributed by atoms with Crippen LogP contribution >= 0.6 is 0 Å². The molecule has 0 radical (unpaired) electrons. The SMILES string of the molecule is C=CCn1cc2c3c(cccc31)C1CC(C(=O)OC(C)C(C)O)CN(C)C1C2. The number of nitrogens with zero attached hydrogens (tertiary/aromatic N) is 2. The normalized spacial score (nSPS) is 26.5. The van der Waals surface area contributed by atoms with Crippen molar-refractivity contribution in [3.8, 4) is 0 Å². The maximum Gasteiger partial charge on any atom is 0.310 e. The molecule has 5 unspecified atom stereocenters. The average Bonchev–Trinajstić information content (AvgIpc) is 3.01. The fourth-order valence-electron chi connectivity index (χ4n) is 4.96. The molecule has 5 atom stereocenters. The number of benzene rings is 1. The number of esters is 1. The average molecular weight is 383 g/mol. The number of allylic oxidation sites excluding steroid dienone is 1. The van der Waals surface area contributed by atoms with E-state index in [4.69, 9.17) is 4.74 Å². The molecule has 0 amide bonds. The van der Waals surface area contributed by atoms with E-state index < -0.39 is 12.2 Å². The first-order valence-electron chi connectivity index (χ1n) is 10.2. The van der Waals surface area contributed by atoms with Crippen molar-refractivity contribution in [3.63, 3.8) is 0 Å². The molecule has 0 spiro atoms. The molecule has 28 heavy (non-hydrogen) atoms. The molecule has 4 rings (SSSR count). The number of likely N-dealkylation sites (tertiary alicyclic amines) is 1. The quantitative estimate of drug-likeness (QED) is 0.638. The highest BCUT2D eigenvalue weighted by Crippen LogP contribution is 2.45. The molecule has 2 aromatic rings. The second kappa shape index (κ2) is 7.37. The van der Waals surface area contributed by atoms with Crippen molar-refractivity contribution in [2.24, 2.45) is 5.92 Å². The highest BCUT2D eigenvalue weighted by Gasteiger charge is 2.42. The van der Waals surface area contributed by atoms with E-state index in [0.717, 1.165) is 19.4 Å². The first-order chi connectivity index (χ1) is 13.4. The van der Waals surface area contributed by atoms with Crippen molar-refractivity contribution in [1.29, 1.82) is 0 Å². The molecular weight excluding hydrogens is 352 g/mol. The molecule has 1 fully saturated rings. The summed E-state index contributed by atoms with van der Waals surface area (Å²) in [5.74, 6) is -0.0469. The maximum absolute atomic E-state index is 12.7. The van der Waals surface area contributed by atoms with Crippen molar-refractivity contribution in [2.75, 3.05) is 13.6 Å². The Hall–Kier alpha value is -2.11. The highest BCUT2D eigenvalue weighted by atomic mass is 16.6. The van der Waals surface area contributed by atoms with Crippen LogP contribution in [0, 0.1) is 5.92 Å². The van der Waals surface area contributed by atoms with Crippen LogP contribution in [-0.4, -0.2) is 52.4 Å². The number of carbonyl (C=O) groups is 1. The number of hydrogen-bond donors (Lipinski definition) is 1. The highest BCUT2D eigenvalue weighted by molar-refractivity contribution is 5.89. The second-order valence-electron chi connectivity index (χ2n) is 8.47. The fraction of sp³-hybridized carbons (Fsp3) is 0.522. The summed E-state index contributed by atoms with van der Waals surface area (Å²) >= 11 is 0. The maximum atomic E-state index is 12.7. The molecule has 1 aliphatic carbocycles. The number of aliphatic hydroxyl groups excluding tert-OH is 1. The minimum absolute atomic E-state index is 0.167. The largest absolute Gasteiger partial charge is 0.460 e. The molecule has 5 nitrogen and oxygen atoms in total. The Kier molecular flexibility index (Phi) is 5.06. The Morgan fingerprint density at radius 1 is 1.43 bits per heavy atom. The first kappa shape index (κ1) is 19.2. The Morgan fingerprint density at radius 3 is 2.93 bits per heavy atom. The lowest BCUT2D eigenvalue weighted by Crippen LogP contribution is -2.50. The van der Waals surface area contributed by atoms with Gasteiger partial charge in [0.2, 0.25) is 0 Å².